The van der Waals surface area contributed by atoms with Crippen molar-refractivity contribution < 1.29 is 13.2 Å². The van der Waals surface area contributed by atoms with Gasteiger partial charge in [0.1, 0.15) is 4.90 Å². The maximum Gasteiger partial charge on any atom is 0.285 e. The van der Waals surface area contributed by atoms with Gasteiger partial charge in [-0.1, -0.05) is 30.3 Å². The van der Waals surface area contributed by atoms with E-state index >= 15 is 0 Å². The largest absolute Gasteiger partial charge is 0.355 e. The summed E-state index contributed by atoms with van der Waals surface area (Å²) in [5.41, 5.74) is 2.11. The van der Waals surface area contributed by atoms with Gasteiger partial charge in [-0.15, -0.1) is 11.0 Å². The van der Waals surface area contributed by atoms with Crippen LogP contribution in [0.3, 0.4) is 0 Å². The Kier molecular flexibility index (Phi) is 6.10. The smallest absolute Gasteiger partial charge is 0.285 e. The SMILES string of the molecule is C=CCN(Cc1ccc(C#N)cc1)C(=O)C1CCCN(C2=NS(=O)(=O)c3ccccc32)C1. The molecule has 1 fully saturated rings. The summed E-state index contributed by atoms with van der Waals surface area (Å²) in [4.78, 5) is 17.3. The Bertz CT molecular complexity index is 1210. The molecule has 0 spiro atoms. The molecule has 7 nitrogen and oxygen atoms in total. The van der Waals surface area contributed by atoms with Gasteiger partial charge in [-0.3, -0.25) is 4.79 Å². The number of carbonyl (C=O) groups is 1. The van der Waals surface area contributed by atoms with E-state index in [4.69, 9.17) is 5.26 Å². The maximum absolute atomic E-state index is 13.4. The topological polar surface area (TPSA) is 93.8 Å². The van der Waals surface area contributed by atoms with Crippen molar-refractivity contribution in [2.75, 3.05) is 19.6 Å². The molecule has 2 aliphatic heterocycles. The Labute approximate surface area is 188 Å². The standard InChI is InChI=1S/C24H24N4O3S/c1-2-13-28(16-19-11-9-18(15-25)10-12-19)24(29)20-6-5-14-27(17-20)23-21-7-3-4-8-22(21)32(30,31)26-23/h2-4,7-12,20H,1,5-6,13-14,16-17H2. The molecule has 164 valence electrons. The lowest BCUT2D eigenvalue weighted by molar-refractivity contribution is -0.136. The summed E-state index contributed by atoms with van der Waals surface area (Å²) in [6.45, 7) is 5.69. The van der Waals surface area contributed by atoms with Crippen LogP contribution < -0.4 is 0 Å². The molecule has 0 bridgehead atoms. The van der Waals surface area contributed by atoms with Gasteiger partial charge in [0, 0.05) is 31.7 Å². The van der Waals surface area contributed by atoms with Gasteiger partial charge in [-0.05, 0) is 42.7 Å². The summed E-state index contributed by atoms with van der Waals surface area (Å²) < 4.78 is 28.9. The highest BCUT2D eigenvalue weighted by molar-refractivity contribution is 7.90. The number of nitrogens with zero attached hydrogens (tertiary/aromatic N) is 4. The van der Waals surface area contributed by atoms with Gasteiger partial charge in [0.2, 0.25) is 5.91 Å². The second kappa shape index (κ2) is 8.97. The fourth-order valence-corrected chi connectivity index (χ4v) is 5.47. The first-order chi connectivity index (χ1) is 15.4. The van der Waals surface area contributed by atoms with E-state index in [1.54, 1.807) is 47.4 Å². The summed E-state index contributed by atoms with van der Waals surface area (Å²) in [6.07, 6.45) is 3.21. The Balaban J connectivity index is 1.52. The van der Waals surface area contributed by atoms with E-state index in [0.717, 1.165) is 18.4 Å². The fraction of sp³-hybridized carbons (Fsp3) is 0.292. The van der Waals surface area contributed by atoms with Crippen LogP contribution in [-0.4, -0.2) is 49.6 Å². The zero-order valence-electron chi connectivity index (χ0n) is 17.6. The summed E-state index contributed by atoms with van der Waals surface area (Å²) in [5, 5.41) is 8.98. The molecule has 0 saturated carbocycles. The van der Waals surface area contributed by atoms with Gasteiger partial charge in [-0.2, -0.15) is 13.7 Å². The van der Waals surface area contributed by atoms with Gasteiger partial charge in [0.25, 0.3) is 10.0 Å². The molecule has 2 heterocycles. The molecule has 0 aliphatic carbocycles. The molecule has 1 saturated heterocycles. The van der Waals surface area contributed by atoms with E-state index in [9.17, 15) is 13.2 Å². The fourth-order valence-electron chi connectivity index (χ4n) is 4.24. The molecule has 1 unspecified atom stereocenters. The van der Waals surface area contributed by atoms with Crippen LogP contribution in [0, 0.1) is 17.2 Å². The average Bonchev–Trinajstić information content (AvgIpc) is 3.10. The average molecular weight is 449 g/mol. The predicted molar refractivity (Wildman–Crippen MR) is 121 cm³/mol. The first-order valence-electron chi connectivity index (χ1n) is 10.5. The lowest BCUT2D eigenvalue weighted by Crippen LogP contribution is -2.46. The quantitative estimate of drug-likeness (QED) is 0.656. The summed E-state index contributed by atoms with van der Waals surface area (Å²) >= 11 is 0. The number of rotatable bonds is 5. The number of hydrogen-bond acceptors (Lipinski definition) is 5. The molecule has 1 atom stereocenters. The summed E-state index contributed by atoms with van der Waals surface area (Å²) in [7, 11) is -3.70. The first-order valence-corrected chi connectivity index (χ1v) is 11.9. The Morgan fingerprint density at radius 2 is 2.00 bits per heavy atom. The zero-order chi connectivity index (χ0) is 22.7. The van der Waals surface area contributed by atoms with Crippen LogP contribution in [0.4, 0.5) is 0 Å². The van der Waals surface area contributed by atoms with Crippen molar-refractivity contribution >= 4 is 21.8 Å². The normalized spacial score (nSPS) is 18.9. The number of amides is 1. The zero-order valence-corrected chi connectivity index (χ0v) is 18.5. The molecule has 8 heteroatoms. The van der Waals surface area contributed by atoms with E-state index in [1.807, 2.05) is 17.0 Å². The molecular formula is C24H24N4O3S. The van der Waals surface area contributed by atoms with Gasteiger partial charge >= 0.3 is 0 Å². The van der Waals surface area contributed by atoms with Crippen molar-refractivity contribution in [3.8, 4) is 6.07 Å². The third kappa shape index (κ3) is 4.30. The van der Waals surface area contributed by atoms with Crippen LogP contribution in [0.1, 0.15) is 29.5 Å². The van der Waals surface area contributed by atoms with Crippen LogP contribution in [0.15, 0.2) is 70.5 Å². The molecule has 0 N–H and O–H groups in total. The van der Waals surface area contributed by atoms with Crippen LogP contribution in [0.5, 0.6) is 0 Å². The van der Waals surface area contributed by atoms with Gasteiger partial charge < -0.3 is 9.80 Å². The Morgan fingerprint density at radius 3 is 2.72 bits per heavy atom. The monoisotopic (exact) mass is 448 g/mol. The van der Waals surface area contributed by atoms with Crippen LogP contribution in [0.25, 0.3) is 0 Å². The third-order valence-corrected chi connectivity index (χ3v) is 7.13. The van der Waals surface area contributed by atoms with Crippen molar-refractivity contribution in [3.05, 3.63) is 77.9 Å². The summed E-state index contributed by atoms with van der Waals surface area (Å²) in [5.74, 6) is 0.175. The minimum absolute atomic E-state index is 0.00805. The highest BCUT2D eigenvalue weighted by Crippen LogP contribution is 2.30. The molecule has 32 heavy (non-hydrogen) atoms. The first kappa shape index (κ1) is 21.8. The van der Waals surface area contributed by atoms with Gasteiger partial charge in [0.05, 0.1) is 17.6 Å². The van der Waals surface area contributed by atoms with Crippen LogP contribution in [-0.2, 0) is 21.4 Å². The van der Waals surface area contributed by atoms with E-state index in [-0.39, 0.29) is 16.7 Å². The van der Waals surface area contributed by atoms with Crippen molar-refractivity contribution in [2.45, 2.75) is 24.3 Å². The van der Waals surface area contributed by atoms with Crippen molar-refractivity contribution in [1.29, 1.82) is 5.26 Å². The van der Waals surface area contributed by atoms with E-state index < -0.39 is 10.0 Å². The van der Waals surface area contributed by atoms with Crippen LogP contribution >= 0.6 is 0 Å². The van der Waals surface area contributed by atoms with Crippen molar-refractivity contribution in [2.24, 2.45) is 10.3 Å². The molecule has 2 aromatic carbocycles. The minimum atomic E-state index is -3.70. The van der Waals surface area contributed by atoms with Crippen molar-refractivity contribution in [3.63, 3.8) is 0 Å². The number of likely N-dealkylation sites (tertiary alicyclic amines) is 1. The van der Waals surface area contributed by atoms with E-state index in [1.165, 1.54) is 0 Å². The molecule has 0 radical (unpaired) electrons. The molecular weight excluding hydrogens is 424 g/mol. The lowest BCUT2D eigenvalue weighted by Gasteiger charge is -2.35. The number of hydrogen-bond donors (Lipinski definition) is 0. The molecule has 4 rings (SSSR count). The Morgan fingerprint density at radius 1 is 1.25 bits per heavy atom. The highest BCUT2D eigenvalue weighted by Gasteiger charge is 2.36. The van der Waals surface area contributed by atoms with Gasteiger partial charge in [-0.25, -0.2) is 0 Å². The number of nitriles is 1. The number of sulfonamides is 1. The second-order valence-electron chi connectivity index (χ2n) is 7.99. The molecule has 0 aromatic heterocycles. The maximum atomic E-state index is 13.4. The number of benzene rings is 2. The van der Waals surface area contributed by atoms with E-state index in [2.05, 4.69) is 17.0 Å². The number of fused-ring (bicyclic) bond motifs is 1. The summed E-state index contributed by atoms with van der Waals surface area (Å²) in [6, 6.07) is 16.1. The minimum Gasteiger partial charge on any atom is -0.355 e. The molecule has 2 aromatic rings. The predicted octanol–water partition coefficient (Wildman–Crippen LogP) is 2.93. The highest BCUT2D eigenvalue weighted by atomic mass is 32.2. The van der Waals surface area contributed by atoms with Crippen molar-refractivity contribution in [1.82, 2.24) is 9.80 Å². The Hall–Kier alpha value is -3.44. The second-order valence-corrected chi connectivity index (χ2v) is 9.56. The number of amidine groups is 1. The number of piperidine rings is 1. The third-order valence-electron chi connectivity index (χ3n) is 5.80. The molecule has 1 amide bonds. The molecule has 2 aliphatic rings. The number of carbonyl (C=O) groups excluding carboxylic acids is 1. The van der Waals surface area contributed by atoms with E-state index in [0.29, 0.717) is 43.1 Å². The van der Waals surface area contributed by atoms with Crippen LogP contribution in [0.2, 0.25) is 0 Å². The lowest BCUT2D eigenvalue weighted by atomic mass is 9.95. The van der Waals surface area contributed by atoms with Gasteiger partial charge in [0.15, 0.2) is 5.84 Å².